The van der Waals surface area contributed by atoms with Gasteiger partial charge in [0.25, 0.3) is 0 Å². The van der Waals surface area contributed by atoms with E-state index in [9.17, 15) is 0 Å². The second-order valence-corrected chi connectivity index (χ2v) is 6.01. The van der Waals surface area contributed by atoms with E-state index in [0.717, 1.165) is 23.0 Å². The summed E-state index contributed by atoms with van der Waals surface area (Å²) in [4.78, 5) is 0. The SMILES string of the molecule is CCC(N)C(SCc1ccc(Cl)cc1)c1ccco1. The molecule has 1 aromatic heterocycles. The summed E-state index contributed by atoms with van der Waals surface area (Å²) in [6.07, 6.45) is 2.63. The van der Waals surface area contributed by atoms with Crippen molar-refractivity contribution in [1.29, 1.82) is 0 Å². The molecule has 0 amide bonds. The highest BCUT2D eigenvalue weighted by Crippen LogP contribution is 2.35. The largest absolute Gasteiger partial charge is 0.468 e. The first-order chi connectivity index (χ1) is 9.20. The molecule has 0 aliphatic rings. The second kappa shape index (κ2) is 7.04. The molecule has 0 saturated heterocycles. The van der Waals surface area contributed by atoms with Crippen LogP contribution in [0.4, 0.5) is 0 Å². The molecule has 0 bridgehead atoms. The molecule has 0 spiro atoms. The van der Waals surface area contributed by atoms with Gasteiger partial charge in [-0.25, -0.2) is 0 Å². The predicted octanol–water partition coefficient (Wildman–Crippen LogP) is 4.64. The Morgan fingerprint density at radius 3 is 2.58 bits per heavy atom. The number of halogens is 1. The molecule has 1 heterocycles. The molecule has 0 aliphatic heterocycles. The summed E-state index contributed by atoms with van der Waals surface area (Å²) in [5.74, 6) is 1.85. The fourth-order valence-corrected chi connectivity index (χ4v) is 3.28. The van der Waals surface area contributed by atoms with Crippen molar-refractivity contribution in [3.63, 3.8) is 0 Å². The molecule has 0 fully saturated rings. The van der Waals surface area contributed by atoms with Crippen LogP contribution in [0.3, 0.4) is 0 Å². The summed E-state index contributed by atoms with van der Waals surface area (Å²) in [5.41, 5.74) is 7.44. The van der Waals surface area contributed by atoms with Gasteiger partial charge in [-0.15, -0.1) is 11.8 Å². The fourth-order valence-electron chi connectivity index (χ4n) is 1.85. The molecular weight excluding hydrogens is 278 g/mol. The lowest BCUT2D eigenvalue weighted by Crippen LogP contribution is -2.25. The maximum absolute atomic E-state index is 6.19. The van der Waals surface area contributed by atoms with E-state index < -0.39 is 0 Å². The minimum Gasteiger partial charge on any atom is -0.468 e. The number of rotatable bonds is 6. The molecular formula is C15H18ClNOS. The Labute approximate surface area is 123 Å². The smallest absolute Gasteiger partial charge is 0.118 e. The van der Waals surface area contributed by atoms with Crippen molar-refractivity contribution in [2.45, 2.75) is 30.4 Å². The Bertz CT molecular complexity index is 483. The zero-order valence-electron chi connectivity index (χ0n) is 10.9. The predicted molar refractivity (Wildman–Crippen MR) is 82.5 cm³/mol. The van der Waals surface area contributed by atoms with Crippen molar-refractivity contribution < 1.29 is 4.42 Å². The minimum atomic E-state index is 0.100. The van der Waals surface area contributed by atoms with Crippen molar-refractivity contribution in [2.75, 3.05) is 0 Å². The second-order valence-electron chi connectivity index (χ2n) is 4.45. The van der Waals surface area contributed by atoms with Crippen LogP contribution in [-0.2, 0) is 5.75 Å². The van der Waals surface area contributed by atoms with Crippen LogP contribution in [0.15, 0.2) is 47.1 Å². The van der Waals surface area contributed by atoms with Crippen LogP contribution in [0.2, 0.25) is 5.02 Å². The third-order valence-corrected chi connectivity index (χ3v) is 4.72. The molecule has 2 aromatic rings. The van der Waals surface area contributed by atoms with Crippen LogP contribution in [0.1, 0.15) is 29.9 Å². The van der Waals surface area contributed by atoms with E-state index in [0.29, 0.717) is 0 Å². The van der Waals surface area contributed by atoms with Gasteiger partial charge in [0.15, 0.2) is 0 Å². The van der Waals surface area contributed by atoms with E-state index in [1.54, 1.807) is 6.26 Å². The van der Waals surface area contributed by atoms with Crippen LogP contribution in [0.25, 0.3) is 0 Å². The number of hydrogen-bond acceptors (Lipinski definition) is 3. The lowest BCUT2D eigenvalue weighted by atomic mass is 10.1. The van der Waals surface area contributed by atoms with Gasteiger partial charge in [0.05, 0.1) is 11.5 Å². The number of benzene rings is 1. The number of thioether (sulfide) groups is 1. The molecule has 0 aliphatic carbocycles. The van der Waals surface area contributed by atoms with Crippen LogP contribution < -0.4 is 5.73 Å². The summed E-state index contributed by atoms with van der Waals surface area (Å²) >= 11 is 7.70. The molecule has 2 atom stereocenters. The Morgan fingerprint density at radius 2 is 2.00 bits per heavy atom. The van der Waals surface area contributed by atoms with Gasteiger partial charge in [0.2, 0.25) is 0 Å². The summed E-state index contributed by atoms with van der Waals surface area (Å²) in [5, 5.41) is 0.956. The zero-order chi connectivity index (χ0) is 13.7. The standard InChI is InChI=1S/C15H18ClNOS/c1-2-13(17)15(14-4-3-9-18-14)19-10-11-5-7-12(16)8-6-11/h3-9,13,15H,2,10,17H2,1H3. The highest BCUT2D eigenvalue weighted by Gasteiger charge is 2.21. The van der Waals surface area contributed by atoms with Crippen LogP contribution in [0.5, 0.6) is 0 Å². The molecule has 1 aromatic carbocycles. The number of hydrogen-bond donors (Lipinski definition) is 1. The molecule has 102 valence electrons. The van der Waals surface area contributed by atoms with E-state index in [1.165, 1.54) is 5.56 Å². The fraction of sp³-hybridized carbons (Fsp3) is 0.333. The Morgan fingerprint density at radius 1 is 1.26 bits per heavy atom. The minimum absolute atomic E-state index is 0.100. The topological polar surface area (TPSA) is 39.2 Å². The van der Waals surface area contributed by atoms with Crippen molar-refractivity contribution in [1.82, 2.24) is 0 Å². The van der Waals surface area contributed by atoms with Gasteiger partial charge in [-0.1, -0.05) is 30.7 Å². The van der Waals surface area contributed by atoms with Crippen molar-refractivity contribution in [2.24, 2.45) is 5.73 Å². The number of nitrogens with two attached hydrogens (primary N) is 1. The molecule has 0 saturated carbocycles. The molecule has 2 nitrogen and oxygen atoms in total. The molecule has 19 heavy (non-hydrogen) atoms. The summed E-state index contributed by atoms with van der Waals surface area (Å²) in [7, 11) is 0. The van der Waals surface area contributed by atoms with Gasteiger partial charge < -0.3 is 10.2 Å². The molecule has 2 unspecified atom stereocenters. The van der Waals surface area contributed by atoms with Crippen molar-refractivity contribution >= 4 is 23.4 Å². The van der Waals surface area contributed by atoms with E-state index in [-0.39, 0.29) is 11.3 Å². The first-order valence-corrected chi connectivity index (χ1v) is 7.78. The van der Waals surface area contributed by atoms with Gasteiger partial charge in [0, 0.05) is 16.8 Å². The maximum Gasteiger partial charge on any atom is 0.118 e. The Balaban J connectivity index is 2.02. The molecule has 4 heteroatoms. The van der Waals surface area contributed by atoms with Gasteiger partial charge >= 0.3 is 0 Å². The van der Waals surface area contributed by atoms with E-state index in [2.05, 4.69) is 6.92 Å². The monoisotopic (exact) mass is 295 g/mol. The maximum atomic E-state index is 6.19. The lowest BCUT2D eigenvalue weighted by Gasteiger charge is -2.20. The van der Waals surface area contributed by atoms with E-state index >= 15 is 0 Å². The van der Waals surface area contributed by atoms with Crippen LogP contribution in [0, 0.1) is 0 Å². The molecule has 0 radical (unpaired) electrons. The average Bonchev–Trinajstić information content (AvgIpc) is 2.94. The van der Waals surface area contributed by atoms with Gasteiger partial charge in [-0.05, 0) is 36.2 Å². The third-order valence-electron chi connectivity index (χ3n) is 3.03. The van der Waals surface area contributed by atoms with Gasteiger partial charge in [-0.2, -0.15) is 0 Å². The normalized spacial score (nSPS) is 14.3. The van der Waals surface area contributed by atoms with Gasteiger partial charge in [-0.3, -0.25) is 0 Å². The number of furan rings is 1. The summed E-state index contributed by atoms with van der Waals surface area (Å²) in [6, 6.07) is 11.9. The Kier molecular flexibility index (Phi) is 5.37. The van der Waals surface area contributed by atoms with Crippen LogP contribution >= 0.6 is 23.4 Å². The Hall–Kier alpha value is -0.900. The van der Waals surface area contributed by atoms with Crippen molar-refractivity contribution in [3.05, 3.63) is 59.0 Å². The first-order valence-electron chi connectivity index (χ1n) is 6.35. The lowest BCUT2D eigenvalue weighted by molar-refractivity contribution is 0.474. The quantitative estimate of drug-likeness (QED) is 0.843. The van der Waals surface area contributed by atoms with Gasteiger partial charge in [0.1, 0.15) is 5.76 Å². The highest BCUT2D eigenvalue weighted by atomic mass is 35.5. The summed E-state index contributed by atoms with van der Waals surface area (Å²) in [6.45, 7) is 2.10. The van der Waals surface area contributed by atoms with E-state index in [1.807, 2.05) is 48.2 Å². The first kappa shape index (κ1) is 14.5. The molecule has 2 rings (SSSR count). The average molecular weight is 296 g/mol. The zero-order valence-corrected chi connectivity index (χ0v) is 12.5. The van der Waals surface area contributed by atoms with Crippen LogP contribution in [-0.4, -0.2) is 6.04 Å². The highest BCUT2D eigenvalue weighted by molar-refractivity contribution is 7.98. The van der Waals surface area contributed by atoms with E-state index in [4.69, 9.17) is 21.8 Å². The summed E-state index contributed by atoms with van der Waals surface area (Å²) < 4.78 is 5.50. The van der Waals surface area contributed by atoms with Crippen molar-refractivity contribution in [3.8, 4) is 0 Å². The molecule has 2 N–H and O–H groups in total. The third kappa shape index (κ3) is 4.03.